The minimum Gasteiger partial charge on any atom is -0.465 e. The van der Waals surface area contributed by atoms with Crippen LogP contribution in [0, 0.1) is 10.8 Å². The van der Waals surface area contributed by atoms with Crippen LogP contribution in [0.3, 0.4) is 0 Å². The summed E-state index contributed by atoms with van der Waals surface area (Å²) in [7, 11) is -3.79. The van der Waals surface area contributed by atoms with Gasteiger partial charge in [0.1, 0.15) is 5.75 Å². The normalized spacial score (nSPS) is 14.6. The van der Waals surface area contributed by atoms with Gasteiger partial charge in [0.15, 0.2) is 6.29 Å². The van der Waals surface area contributed by atoms with Crippen LogP contribution in [0.25, 0.3) is 0 Å². The fourth-order valence-corrected chi connectivity index (χ4v) is 5.66. The quantitative estimate of drug-likeness (QED) is 0.183. The van der Waals surface area contributed by atoms with Crippen molar-refractivity contribution in [3.05, 3.63) is 59.7 Å². The molecule has 2 aromatic rings. The summed E-state index contributed by atoms with van der Waals surface area (Å²) < 4.78 is 41.0. The molecule has 6 heteroatoms. The predicted molar refractivity (Wildman–Crippen MR) is 138 cm³/mol. The number of rotatable bonds is 12. The monoisotopic (exact) mass is 490 g/mol. The molecule has 0 bridgehead atoms. The highest BCUT2D eigenvalue weighted by Crippen LogP contribution is 2.50. The lowest BCUT2D eigenvalue weighted by Gasteiger charge is -2.44. The molecule has 0 amide bonds. The number of hydrogen-bond donors (Lipinski definition) is 0. The van der Waals surface area contributed by atoms with E-state index in [2.05, 4.69) is 60.6 Å². The average Bonchev–Trinajstić information content (AvgIpc) is 2.77. The molecule has 0 aromatic heterocycles. The van der Waals surface area contributed by atoms with Gasteiger partial charge in [-0.2, -0.15) is 8.42 Å². The first-order valence-corrected chi connectivity index (χ1v) is 13.6. The highest BCUT2D eigenvalue weighted by Gasteiger charge is 2.39. The maximum atomic E-state index is 12.2. The van der Waals surface area contributed by atoms with E-state index in [-0.39, 0.29) is 28.9 Å². The minimum atomic E-state index is -3.79. The van der Waals surface area contributed by atoms with Crippen molar-refractivity contribution in [2.45, 2.75) is 85.3 Å². The van der Waals surface area contributed by atoms with Crippen LogP contribution < -0.4 is 4.74 Å². The first kappa shape index (κ1) is 28.3. The summed E-state index contributed by atoms with van der Waals surface area (Å²) in [6.07, 6.45) is 1.48. The zero-order chi connectivity index (χ0) is 25.6. The topological polar surface area (TPSA) is 61.8 Å². The van der Waals surface area contributed by atoms with Crippen molar-refractivity contribution in [3.63, 3.8) is 0 Å². The molecule has 2 aromatic carbocycles. The van der Waals surface area contributed by atoms with Crippen molar-refractivity contribution in [3.8, 4) is 5.75 Å². The van der Waals surface area contributed by atoms with Crippen LogP contribution in [0.4, 0.5) is 0 Å². The average molecular weight is 491 g/mol. The molecule has 34 heavy (non-hydrogen) atoms. The number of aryl methyl sites for hydroxylation is 1. The van der Waals surface area contributed by atoms with Crippen molar-refractivity contribution in [2.75, 3.05) is 13.2 Å². The summed E-state index contributed by atoms with van der Waals surface area (Å²) >= 11 is 0. The number of benzene rings is 2. The molecule has 0 radical (unpaired) electrons. The van der Waals surface area contributed by atoms with E-state index >= 15 is 0 Å². The number of ether oxygens (including phenoxy) is 2. The molecule has 0 fully saturated rings. The van der Waals surface area contributed by atoms with Crippen molar-refractivity contribution < 1.29 is 22.1 Å². The van der Waals surface area contributed by atoms with Crippen LogP contribution in [0.15, 0.2) is 53.4 Å². The fraction of sp³-hybridized carbons (Fsp3) is 0.571. The van der Waals surface area contributed by atoms with Gasteiger partial charge in [0.2, 0.25) is 0 Å². The molecule has 0 spiro atoms. The van der Waals surface area contributed by atoms with Crippen LogP contribution in [0.2, 0.25) is 0 Å². The molecule has 0 saturated heterocycles. The summed E-state index contributed by atoms with van der Waals surface area (Å²) in [6, 6.07) is 14.4. The van der Waals surface area contributed by atoms with E-state index in [9.17, 15) is 8.42 Å². The van der Waals surface area contributed by atoms with Crippen LogP contribution in [-0.2, 0) is 25.5 Å². The Morgan fingerprint density at radius 2 is 1.56 bits per heavy atom. The van der Waals surface area contributed by atoms with E-state index in [1.165, 1.54) is 23.3 Å². The Morgan fingerprint density at radius 1 is 0.912 bits per heavy atom. The van der Waals surface area contributed by atoms with Crippen LogP contribution in [0.5, 0.6) is 5.75 Å². The maximum absolute atomic E-state index is 12.2. The fourth-order valence-electron chi connectivity index (χ4n) is 4.75. The van der Waals surface area contributed by atoms with Gasteiger partial charge < -0.3 is 9.47 Å². The van der Waals surface area contributed by atoms with Gasteiger partial charge in [-0.1, -0.05) is 79.2 Å². The molecule has 0 heterocycles. The molecule has 0 N–H and O–H groups in total. The first-order chi connectivity index (χ1) is 15.8. The van der Waals surface area contributed by atoms with Gasteiger partial charge in [0.05, 0.1) is 18.1 Å². The maximum Gasteiger partial charge on any atom is 0.297 e. The molecule has 2 rings (SSSR count). The van der Waals surface area contributed by atoms with Crippen LogP contribution in [-0.4, -0.2) is 27.9 Å². The highest BCUT2D eigenvalue weighted by molar-refractivity contribution is 7.86. The van der Waals surface area contributed by atoms with Crippen molar-refractivity contribution in [2.24, 2.45) is 10.8 Å². The molecule has 2 atom stereocenters. The van der Waals surface area contributed by atoms with E-state index in [1.807, 2.05) is 6.07 Å². The second-order valence-corrected chi connectivity index (χ2v) is 12.1. The lowest BCUT2D eigenvalue weighted by Crippen LogP contribution is -2.33. The van der Waals surface area contributed by atoms with Gasteiger partial charge in [-0.3, -0.25) is 4.18 Å². The summed E-state index contributed by atoms with van der Waals surface area (Å²) in [4.78, 5) is 0.131. The summed E-state index contributed by atoms with van der Waals surface area (Å²) in [5.74, 6) is 1.15. The van der Waals surface area contributed by atoms with Crippen LogP contribution >= 0.6 is 0 Å². The third kappa shape index (κ3) is 7.56. The van der Waals surface area contributed by atoms with Gasteiger partial charge in [-0.05, 0) is 65.5 Å². The Bertz CT molecular complexity index is 1010. The smallest absolute Gasteiger partial charge is 0.297 e. The highest BCUT2D eigenvalue weighted by atomic mass is 32.2. The molecule has 5 nitrogen and oxygen atoms in total. The summed E-state index contributed by atoms with van der Waals surface area (Å²) in [5, 5.41) is 0. The number of hydrogen-bond acceptors (Lipinski definition) is 5. The summed E-state index contributed by atoms with van der Waals surface area (Å²) in [5.41, 5.74) is 2.95. The molecule has 0 aliphatic carbocycles. The largest absolute Gasteiger partial charge is 0.465 e. The zero-order valence-corrected chi connectivity index (χ0v) is 22.9. The lowest BCUT2D eigenvalue weighted by atomic mass is 9.61. The Labute approximate surface area is 207 Å². The minimum absolute atomic E-state index is 0.0799. The third-order valence-electron chi connectivity index (χ3n) is 6.37. The second-order valence-electron chi connectivity index (χ2n) is 10.5. The van der Waals surface area contributed by atoms with E-state index < -0.39 is 16.4 Å². The van der Waals surface area contributed by atoms with Gasteiger partial charge in [-0.15, -0.1) is 0 Å². The van der Waals surface area contributed by atoms with E-state index in [0.717, 1.165) is 18.6 Å². The standard InChI is InChI=1S/C28H42O5S/c1-9-22-20-23(16-17-25(22)26(27(4,5)6)28(7,8)10-2)33-21(3)31-18-19-32-34(29,30)24-14-12-11-13-15-24/h11-17,20-21,26H,9-10,18-19H2,1-8H3. The Hall–Kier alpha value is -1.89. The van der Waals surface area contributed by atoms with Gasteiger partial charge in [0.25, 0.3) is 10.1 Å². The zero-order valence-electron chi connectivity index (χ0n) is 22.1. The van der Waals surface area contributed by atoms with Crippen molar-refractivity contribution >= 4 is 10.1 Å². The molecule has 0 aliphatic rings. The van der Waals surface area contributed by atoms with E-state index in [4.69, 9.17) is 13.7 Å². The SMILES string of the molecule is CCc1cc(OC(C)OCCOS(=O)(=O)c2ccccc2)ccc1C(C(C)(C)C)C(C)(C)CC. The molecule has 2 unspecified atom stereocenters. The molecule has 0 aliphatic heterocycles. The first-order valence-electron chi connectivity index (χ1n) is 12.2. The molecule has 190 valence electrons. The van der Waals surface area contributed by atoms with Crippen LogP contribution in [0.1, 0.15) is 78.9 Å². The summed E-state index contributed by atoms with van der Waals surface area (Å²) in [6.45, 7) is 17.9. The lowest BCUT2D eigenvalue weighted by molar-refractivity contribution is -0.0736. The Kier molecular flexibility index (Phi) is 9.75. The van der Waals surface area contributed by atoms with Gasteiger partial charge >= 0.3 is 0 Å². The van der Waals surface area contributed by atoms with Crippen molar-refractivity contribution in [1.82, 2.24) is 0 Å². The van der Waals surface area contributed by atoms with E-state index in [1.54, 1.807) is 25.1 Å². The van der Waals surface area contributed by atoms with Gasteiger partial charge in [-0.25, -0.2) is 0 Å². The predicted octanol–water partition coefficient (Wildman–Crippen LogP) is 6.96. The second kappa shape index (κ2) is 11.7. The van der Waals surface area contributed by atoms with E-state index in [0.29, 0.717) is 5.92 Å². The third-order valence-corrected chi connectivity index (χ3v) is 7.70. The molecular weight excluding hydrogens is 448 g/mol. The Morgan fingerprint density at radius 3 is 2.12 bits per heavy atom. The molecule has 0 saturated carbocycles. The Balaban J connectivity index is 2.02. The van der Waals surface area contributed by atoms with Crippen molar-refractivity contribution in [1.29, 1.82) is 0 Å². The van der Waals surface area contributed by atoms with Gasteiger partial charge in [0, 0.05) is 0 Å². The molecular formula is C28H42O5S.